The molecule has 20 nitrogen and oxygen atoms in total. The van der Waals surface area contributed by atoms with Gasteiger partial charge in [0.2, 0.25) is 0 Å². The Kier molecular flexibility index (Phi) is 16.4. The Labute approximate surface area is 291 Å². The zero-order chi connectivity index (χ0) is 36.7. The van der Waals surface area contributed by atoms with Crippen molar-refractivity contribution >= 4 is 0 Å². The summed E-state index contributed by atoms with van der Waals surface area (Å²) >= 11 is 0. The molecule has 19 atom stereocenters. The number of aliphatic hydroxyl groups excluding tert-OH is 7. The minimum Gasteiger partial charge on any atom is -0.395 e. The van der Waals surface area contributed by atoms with Crippen molar-refractivity contribution in [1.82, 2.24) is 10.6 Å². The fourth-order valence-electron chi connectivity index (χ4n) is 7.18. The first-order valence-corrected chi connectivity index (χ1v) is 17.6. The van der Waals surface area contributed by atoms with Gasteiger partial charge in [-0.2, -0.15) is 0 Å². The molecule has 19 N–H and O–H groups in total. The van der Waals surface area contributed by atoms with E-state index in [0.717, 1.165) is 6.42 Å². The van der Waals surface area contributed by atoms with Crippen molar-refractivity contribution in [1.29, 1.82) is 0 Å². The molecule has 0 aromatic carbocycles. The molecule has 20 heteroatoms. The predicted molar refractivity (Wildman–Crippen MR) is 175 cm³/mol. The molecule has 0 aromatic rings. The SMILES string of the molecule is CCC[C@@H]1C(CNCCO)O[C@H](O[C@@H]2C(N)C[C@@H](N)C(O)C2O[C@@H]2O[C@H](CNCCO)[C@H](O[C@H]3OC(CN)[C@@H](O)C(O)C3N)[C@@H]2O)C(N)C1O. The first-order valence-electron chi connectivity index (χ1n) is 17.6. The Morgan fingerprint density at radius 2 is 1.16 bits per heavy atom. The highest BCUT2D eigenvalue weighted by Crippen LogP contribution is 2.35. The third-order valence-corrected chi connectivity index (χ3v) is 10.0. The van der Waals surface area contributed by atoms with Crippen LogP contribution in [-0.4, -0.2) is 192 Å². The second-order valence-corrected chi connectivity index (χ2v) is 13.6. The van der Waals surface area contributed by atoms with Gasteiger partial charge < -0.3 is 103 Å². The van der Waals surface area contributed by atoms with Crippen LogP contribution in [0.2, 0.25) is 0 Å². The van der Waals surface area contributed by atoms with Crippen LogP contribution in [0.3, 0.4) is 0 Å². The fraction of sp³-hybridized carbons (Fsp3) is 1.00. The molecule has 4 aliphatic rings. The van der Waals surface area contributed by atoms with Gasteiger partial charge in [-0.25, -0.2) is 0 Å². The lowest BCUT2D eigenvalue weighted by Crippen LogP contribution is -2.67. The van der Waals surface area contributed by atoms with Crippen LogP contribution in [0, 0.1) is 5.92 Å². The number of aliphatic hydroxyl groups is 7. The third-order valence-electron chi connectivity index (χ3n) is 10.0. The van der Waals surface area contributed by atoms with E-state index in [2.05, 4.69) is 10.6 Å². The second-order valence-electron chi connectivity index (χ2n) is 13.6. The Morgan fingerprint density at radius 1 is 0.620 bits per heavy atom. The number of rotatable bonds is 17. The van der Waals surface area contributed by atoms with Crippen LogP contribution >= 0.6 is 0 Å². The van der Waals surface area contributed by atoms with Gasteiger partial charge in [0.1, 0.15) is 48.8 Å². The molecule has 3 heterocycles. The van der Waals surface area contributed by atoms with E-state index >= 15 is 0 Å². The number of nitrogens with two attached hydrogens (primary N) is 5. The second kappa shape index (κ2) is 19.5. The van der Waals surface area contributed by atoms with Crippen molar-refractivity contribution in [3.8, 4) is 0 Å². The molecule has 0 bridgehead atoms. The predicted octanol–water partition coefficient (Wildman–Crippen LogP) is -7.63. The molecule has 0 aromatic heterocycles. The summed E-state index contributed by atoms with van der Waals surface area (Å²) in [5.74, 6) is -0.312. The van der Waals surface area contributed by atoms with Gasteiger partial charge in [-0.1, -0.05) is 13.3 Å². The summed E-state index contributed by atoms with van der Waals surface area (Å²) in [5, 5.41) is 79.4. The van der Waals surface area contributed by atoms with Gasteiger partial charge in [-0.05, 0) is 12.8 Å². The van der Waals surface area contributed by atoms with E-state index in [-0.39, 0.29) is 45.2 Å². The van der Waals surface area contributed by atoms with Crippen LogP contribution < -0.4 is 39.3 Å². The molecule has 4 rings (SSSR count). The average Bonchev–Trinajstić information content (AvgIpc) is 3.38. The summed E-state index contributed by atoms with van der Waals surface area (Å²) in [5.41, 5.74) is 31.0. The van der Waals surface area contributed by atoms with Gasteiger partial charge in [0.15, 0.2) is 18.9 Å². The van der Waals surface area contributed by atoms with Crippen molar-refractivity contribution in [2.24, 2.45) is 34.6 Å². The van der Waals surface area contributed by atoms with E-state index < -0.39 is 110 Å². The molecule has 0 amide bonds. The molecule has 50 heavy (non-hydrogen) atoms. The summed E-state index contributed by atoms with van der Waals surface area (Å²) in [6, 6.07) is -3.84. The van der Waals surface area contributed by atoms with Gasteiger partial charge >= 0.3 is 0 Å². The van der Waals surface area contributed by atoms with Gasteiger partial charge in [-0.15, -0.1) is 0 Å². The van der Waals surface area contributed by atoms with Crippen molar-refractivity contribution < 1.29 is 64.2 Å². The van der Waals surface area contributed by atoms with Crippen molar-refractivity contribution in [2.45, 2.75) is 136 Å². The van der Waals surface area contributed by atoms with Gasteiger partial charge in [0.05, 0.1) is 43.6 Å². The van der Waals surface area contributed by atoms with Crippen molar-refractivity contribution in [3.05, 3.63) is 0 Å². The fourth-order valence-corrected chi connectivity index (χ4v) is 7.18. The highest BCUT2D eigenvalue weighted by Gasteiger charge is 2.54. The van der Waals surface area contributed by atoms with E-state index in [1.165, 1.54) is 0 Å². The highest BCUT2D eigenvalue weighted by molar-refractivity contribution is 5.02. The standard InChI is InChI=1S/C30H61N7O13/c1-2-3-12-16(10-36-4-6-38)46-28(18(34)20(12)40)48-25-14(33)8-13(32)21(41)27(25)50-30-24(44)26(17(47-30)11-37-5-7-39)49-29-19(35)23(43)22(42)15(9-31)45-29/h12-30,36-44H,2-11,31-35H2,1H3/t12-,13-,14?,15?,16?,17-,18?,19?,20?,21?,22-,23?,24+,25-,26+,27?,28-,29-,30+/m1/s1. The maximum Gasteiger partial charge on any atom is 0.187 e. The highest BCUT2D eigenvalue weighted by atomic mass is 16.8. The Morgan fingerprint density at radius 3 is 1.76 bits per heavy atom. The third kappa shape index (κ3) is 9.65. The number of ether oxygens (including phenoxy) is 6. The van der Waals surface area contributed by atoms with E-state index in [1.54, 1.807) is 0 Å². The molecule has 294 valence electrons. The Balaban J connectivity index is 1.53. The average molecular weight is 728 g/mol. The van der Waals surface area contributed by atoms with E-state index in [0.29, 0.717) is 19.5 Å². The Hall–Kier alpha value is -0.800. The normalized spacial score (nSPS) is 47.1. The lowest BCUT2D eigenvalue weighted by atomic mass is 9.83. The number of hydrogen-bond donors (Lipinski definition) is 14. The summed E-state index contributed by atoms with van der Waals surface area (Å²) in [4.78, 5) is 0. The van der Waals surface area contributed by atoms with Crippen LogP contribution in [-0.2, 0) is 28.4 Å². The molecular formula is C30H61N7O13. The largest absolute Gasteiger partial charge is 0.395 e. The summed E-state index contributed by atoms with van der Waals surface area (Å²) < 4.78 is 36.7. The minimum atomic E-state index is -1.53. The van der Waals surface area contributed by atoms with Gasteiger partial charge in [0, 0.05) is 50.7 Å². The zero-order valence-corrected chi connectivity index (χ0v) is 28.5. The van der Waals surface area contributed by atoms with Crippen LogP contribution in [0.25, 0.3) is 0 Å². The maximum atomic E-state index is 11.5. The topological polar surface area (TPSA) is 351 Å². The molecule has 3 saturated heterocycles. The molecule has 9 unspecified atom stereocenters. The first-order chi connectivity index (χ1) is 23.9. The molecular weight excluding hydrogens is 666 g/mol. The smallest absolute Gasteiger partial charge is 0.187 e. The lowest BCUT2D eigenvalue weighted by molar-refractivity contribution is -0.302. The van der Waals surface area contributed by atoms with E-state index in [1.807, 2.05) is 6.92 Å². The summed E-state index contributed by atoms with van der Waals surface area (Å²) in [7, 11) is 0. The minimum absolute atomic E-state index is 0.0645. The van der Waals surface area contributed by atoms with Crippen molar-refractivity contribution in [2.75, 3.05) is 45.9 Å². The number of nitrogens with one attached hydrogen (secondary N) is 2. The number of hydrogen-bond acceptors (Lipinski definition) is 20. The summed E-state index contributed by atoms with van der Waals surface area (Å²) in [6.07, 6.45) is -15.1. The first kappa shape index (κ1) is 41.9. The van der Waals surface area contributed by atoms with E-state index in [9.17, 15) is 35.7 Å². The molecule has 0 radical (unpaired) electrons. The molecule has 1 aliphatic carbocycles. The lowest BCUT2D eigenvalue weighted by Gasteiger charge is -2.48. The van der Waals surface area contributed by atoms with Crippen LogP contribution in [0.5, 0.6) is 0 Å². The van der Waals surface area contributed by atoms with Crippen LogP contribution in [0.1, 0.15) is 26.2 Å². The Bertz CT molecular complexity index is 1000. The molecule has 3 aliphatic heterocycles. The van der Waals surface area contributed by atoms with Gasteiger partial charge in [0.25, 0.3) is 0 Å². The van der Waals surface area contributed by atoms with Crippen LogP contribution in [0.4, 0.5) is 0 Å². The van der Waals surface area contributed by atoms with Crippen LogP contribution in [0.15, 0.2) is 0 Å². The van der Waals surface area contributed by atoms with Gasteiger partial charge in [-0.3, -0.25) is 0 Å². The van der Waals surface area contributed by atoms with E-state index in [4.69, 9.17) is 57.1 Å². The molecule has 0 spiro atoms. The molecule has 1 saturated carbocycles. The van der Waals surface area contributed by atoms with Crippen molar-refractivity contribution in [3.63, 3.8) is 0 Å². The summed E-state index contributed by atoms with van der Waals surface area (Å²) in [6.45, 7) is 2.46. The molecule has 4 fully saturated rings. The maximum absolute atomic E-state index is 11.5. The quantitative estimate of drug-likeness (QED) is 0.0619. The monoisotopic (exact) mass is 727 g/mol. The zero-order valence-electron chi connectivity index (χ0n) is 28.5.